The van der Waals surface area contributed by atoms with E-state index in [1.807, 2.05) is 52.0 Å². The van der Waals surface area contributed by atoms with Crippen molar-refractivity contribution < 1.29 is 27.5 Å². The number of rotatable bonds is 19. The number of ether oxygens (including phenoxy) is 2. The Balaban J connectivity index is 2.13. The smallest absolute Gasteiger partial charge is 0.494 e. The summed E-state index contributed by atoms with van der Waals surface area (Å²) in [6.07, 6.45) is 9.64. The van der Waals surface area contributed by atoms with Gasteiger partial charge in [0.1, 0.15) is 5.75 Å². The second-order valence-electron chi connectivity index (χ2n) is 7.36. The molecule has 0 unspecified atom stereocenters. The first-order valence-electron chi connectivity index (χ1n) is 12.1. The second-order valence-corrected chi connectivity index (χ2v) is 10.1. The van der Waals surface area contributed by atoms with E-state index in [4.69, 9.17) is 22.8 Å². The zero-order valence-electron chi connectivity index (χ0n) is 20.4. The summed E-state index contributed by atoms with van der Waals surface area (Å²) in [6.45, 7) is 10.9. The van der Waals surface area contributed by atoms with Crippen LogP contribution in [0.2, 0.25) is 6.04 Å². The largest absolute Gasteiger partial charge is 0.500 e. The molecule has 0 aliphatic carbocycles. The Labute approximate surface area is 195 Å². The van der Waals surface area contributed by atoms with E-state index < -0.39 is 8.80 Å². The summed E-state index contributed by atoms with van der Waals surface area (Å²) in [6, 6.07) is 8.49. The molecule has 0 aliphatic heterocycles. The Kier molecular flexibility index (Phi) is 15.8. The standard InChI is InChI=1S/C25H42O6Si/c1-5-27-24-18-15-23(16-19-24)17-20-25(26)28-21-13-11-9-10-12-14-22-32(29-6-2,30-7-3)31-8-4/h15-20H,5-14,21-22H2,1-4H3/b20-17+. The number of esters is 1. The van der Waals surface area contributed by atoms with Crippen LogP contribution in [0.4, 0.5) is 0 Å². The Morgan fingerprint density at radius 1 is 0.781 bits per heavy atom. The minimum absolute atomic E-state index is 0.303. The fourth-order valence-corrected chi connectivity index (χ4v) is 6.06. The van der Waals surface area contributed by atoms with Gasteiger partial charge in [0.25, 0.3) is 0 Å². The Morgan fingerprint density at radius 3 is 1.91 bits per heavy atom. The Morgan fingerprint density at radius 2 is 1.34 bits per heavy atom. The van der Waals surface area contributed by atoms with Crippen LogP contribution in [-0.4, -0.2) is 47.8 Å². The highest BCUT2D eigenvalue weighted by Gasteiger charge is 2.39. The molecule has 0 aromatic heterocycles. The molecule has 0 saturated carbocycles. The highest BCUT2D eigenvalue weighted by atomic mass is 28.4. The molecule has 1 aromatic rings. The van der Waals surface area contributed by atoms with Gasteiger partial charge in [-0.1, -0.05) is 37.8 Å². The van der Waals surface area contributed by atoms with E-state index in [2.05, 4.69) is 0 Å². The highest BCUT2D eigenvalue weighted by molar-refractivity contribution is 6.60. The maximum Gasteiger partial charge on any atom is 0.500 e. The summed E-state index contributed by atoms with van der Waals surface area (Å²) in [5.74, 6) is 0.523. The van der Waals surface area contributed by atoms with Gasteiger partial charge < -0.3 is 22.8 Å². The van der Waals surface area contributed by atoms with E-state index in [1.165, 1.54) is 6.08 Å². The molecule has 32 heavy (non-hydrogen) atoms. The van der Waals surface area contributed by atoms with Crippen LogP contribution in [-0.2, 0) is 22.8 Å². The third-order valence-corrected chi connectivity index (χ3v) is 7.97. The molecule has 0 atom stereocenters. The first kappa shape index (κ1) is 28.4. The zero-order chi connectivity index (χ0) is 23.5. The van der Waals surface area contributed by atoms with Crippen LogP contribution in [0.3, 0.4) is 0 Å². The fraction of sp³-hybridized carbons (Fsp3) is 0.640. The summed E-state index contributed by atoms with van der Waals surface area (Å²) in [7, 11) is -2.50. The van der Waals surface area contributed by atoms with Gasteiger partial charge in [-0.15, -0.1) is 0 Å². The first-order chi connectivity index (χ1) is 15.6. The van der Waals surface area contributed by atoms with Crippen LogP contribution in [0.1, 0.15) is 71.8 Å². The van der Waals surface area contributed by atoms with Crippen molar-refractivity contribution in [2.45, 2.75) is 72.3 Å². The summed E-state index contributed by atoms with van der Waals surface area (Å²) in [5.41, 5.74) is 0.940. The average molecular weight is 467 g/mol. The van der Waals surface area contributed by atoms with E-state index in [1.54, 1.807) is 6.08 Å². The first-order valence-corrected chi connectivity index (χ1v) is 14.0. The van der Waals surface area contributed by atoms with Crippen LogP contribution in [0, 0.1) is 0 Å². The third-order valence-electron chi connectivity index (χ3n) is 4.82. The normalized spacial score (nSPS) is 11.8. The molecular weight excluding hydrogens is 424 g/mol. The Hall–Kier alpha value is -1.67. The predicted octanol–water partition coefficient (Wildman–Crippen LogP) is 6.03. The molecule has 1 aromatic carbocycles. The van der Waals surface area contributed by atoms with E-state index in [-0.39, 0.29) is 5.97 Å². The minimum Gasteiger partial charge on any atom is -0.494 e. The summed E-state index contributed by atoms with van der Waals surface area (Å²) < 4.78 is 28.4. The monoisotopic (exact) mass is 466 g/mol. The van der Waals surface area contributed by atoms with Crippen molar-refractivity contribution >= 4 is 20.8 Å². The van der Waals surface area contributed by atoms with E-state index in [0.29, 0.717) is 33.0 Å². The number of carbonyl (C=O) groups excluding carboxylic acids is 1. The van der Waals surface area contributed by atoms with Crippen molar-refractivity contribution in [1.82, 2.24) is 0 Å². The van der Waals surface area contributed by atoms with Gasteiger partial charge in [0.15, 0.2) is 0 Å². The van der Waals surface area contributed by atoms with E-state index >= 15 is 0 Å². The van der Waals surface area contributed by atoms with Crippen LogP contribution in [0.5, 0.6) is 5.75 Å². The lowest BCUT2D eigenvalue weighted by molar-refractivity contribution is -0.137. The van der Waals surface area contributed by atoms with Crippen molar-refractivity contribution in [2.75, 3.05) is 33.0 Å². The molecular formula is C25H42O6Si. The van der Waals surface area contributed by atoms with E-state index in [0.717, 1.165) is 55.9 Å². The molecule has 0 aliphatic rings. The van der Waals surface area contributed by atoms with Gasteiger partial charge in [-0.25, -0.2) is 4.79 Å². The minimum atomic E-state index is -2.50. The van der Waals surface area contributed by atoms with Crippen LogP contribution >= 0.6 is 0 Å². The lowest BCUT2D eigenvalue weighted by atomic mass is 10.1. The zero-order valence-corrected chi connectivity index (χ0v) is 21.4. The van der Waals surface area contributed by atoms with Gasteiger partial charge in [-0.3, -0.25) is 0 Å². The molecule has 1 rings (SSSR count). The topological polar surface area (TPSA) is 63.2 Å². The van der Waals surface area contributed by atoms with Gasteiger partial charge >= 0.3 is 14.8 Å². The van der Waals surface area contributed by atoms with Crippen LogP contribution in [0.15, 0.2) is 30.3 Å². The predicted molar refractivity (Wildman–Crippen MR) is 131 cm³/mol. The van der Waals surface area contributed by atoms with Gasteiger partial charge in [0.2, 0.25) is 0 Å². The number of hydrogen-bond donors (Lipinski definition) is 0. The lowest BCUT2D eigenvalue weighted by Gasteiger charge is -2.28. The molecule has 0 spiro atoms. The van der Waals surface area contributed by atoms with Crippen molar-refractivity contribution in [1.29, 1.82) is 0 Å². The van der Waals surface area contributed by atoms with Crippen LogP contribution in [0.25, 0.3) is 6.08 Å². The maximum absolute atomic E-state index is 11.8. The second kappa shape index (κ2) is 17.8. The van der Waals surface area contributed by atoms with Crippen molar-refractivity contribution in [3.8, 4) is 5.75 Å². The molecule has 6 nitrogen and oxygen atoms in total. The number of benzene rings is 1. The van der Waals surface area contributed by atoms with Crippen molar-refractivity contribution in [3.05, 3.63) is 35.9 Å². The molecule has 7 heteroatoms. The number of unbranched alkanes of at least 4 members (excludes halogenated alkanes) is 5. The van der Waals surface area contributed by atoms with Gasteiger partial charge in [-0.05, 0) is 64.3 Å². The van der Waals surface area contributed by atoms with Crippen molar-refractivity contribution in [3.63, 3.8) is 0 Å². The number of carbonyl (C=O) groups is 1. The maximum atomic E-state index is 11.8. The molecule has 0 N–H and O–H groups in total. The summed E-state index contributed by atoms with van der Waals surface area (Å²) >= 11 is 0. The summed E-state index contributed by atoms with van der Waals surface area (Å²) in [5, 5.41) is 0. The molecule has 182 valence electrons. The van der Waals surface area contributed by atoms with Crippen LogP contribution < -0.4 is 4.74 Å². The van der Waals surface area contributed by atoms with Gasteiger partial charge in [0, 0.05) is 31.9 Å². The quantitative estimate of drug-likeness (QED) is 0.107. The molecule has 0 bridgehead atoms. The molecule has 0 radical (unpaired) electrons. The fourth-order valence-electron chi connectivity index (χ4n) is 3.38. The highest BCUT2D eigenvalue weighted by Crippen LogP contribution is 2.20. The lowest BCUT2D eigenvalue weighted by Crippen LogP contribution is -2.45. The SMILES string of the molecule is CCOc1ccc(/C=C/C(=O)OCCCCCCCC[Si](OCC)(OCC)OCC)cc1. The summed E-state index contributed by atoms with van der Waals surface area (Å²) in [4.78, 5) is 11.8. The third kappa shape index (κ3) is 12.4. The molecule has 0 saturated heterocycles. The van der Waals surface area contributed by atoms with Gasteiger partial charge in [0.05, 0.1) is 13.2 Å². The molecule has 0 amide bonds. The van der Waals surface area contributed by atoms with E-state index in [9.17, 15) is 4.79 Å². The van der Waals surface area contributed by atoms with Crippen molar-refractivity contribution in [2.24, 2.45) is 0 Å². The average Bonchev–Trinajstić information content (AvgIpc) is 2.78. The Bertz CT molecular complexity index is 615. The van der Waals surface area contributed by atoms with Gasteiger partial charge in [-0.2, -0.15) is 0 Å². The molecule has 0 heterocycles. The number of hydrogen-bond acceptors (Lipinski definition) is 6. The molecule has 0 fully saturated rings.